The number of rotatable bonds is 4. The molecular weight excluding hydrogens is 320 g/mol. The van der Waals surface area contributed by atoms with E-state index in [4.69, 9.17) is 4.74 Å². The normalized spacial score (nSPS) is 10.8. The molecule has 128 valence electrons. The smallest absolute Gasteiger partial charge is 0.347 e. The number of nitrogens with zero attached hydrogens (tertiary/aromatic N) is 2. The van der Waals surface area contributed by atoms with Crippen LogP contribution in [-0.4, -0.2) is 27.2 Å². The third-order valence-electron chi connectivity index (χ3n) is 3.88. The van der Waals surface area contributed by atoms with Gasteiger partial charge < -0.3 is 9.84 Å². The third-order valence-corrected chi connectivity index (χ3v) is 3.88. The first-order valence-corrected chi connectivity index (χ1v) is 7.97. The number of hydrogen-bond donors (Lipinski definition) is 1. The van der Waals surface area contributed by atoms with Crippen LogP contribution in [0.4, 0.5) is 0 Å². The quantitative estimate of drug-likeness (QED) is 0.740. The number of esters is 1. The highest BCUT2D eigenvalue weighted by atomic mass is 16.5. The van der Waals surface area contributed by atoms with Gasteiger partial charge in [0.05, 0.1) is 18.5 Å². The van der Waals surface area contributed by atoms with Crippen LogP contribution in [-0.2, 0) is 11.3 Å². The lowest BCUT2D eigenvalue weighted by atomic mass is 10.1. The Balaban J connectivity index is 2.30. The van der Waals surface area contributed by atoms with Crippen LogP contribution in [0, 0.1) is 6.92 Å². The monoisotopic (exact) mass is 338 g/mol. The molecule has 0 aliphatic heterocycles. The minimum Gasteiger partial charge on any atom is -0.506 e. The molecule has 0 atom stereocenters. The summed E-state index contributed by atoms with van der Waals surface area (Å²) in [5.41, 5.74) is 0.937. The molecule has 0 radical (unpaired) electrons. The number of carbonyl (C=O) groups excluding carboxylic acids is 1. The molecule has 0 fully saturated rings. The average Bonchev–Trinajstić information content (AvgIpc) is 2.59. The fourth-order valence-electron chi connectivity index (χ4n) is 2.70. The lowest BCUT2D eigenvalue weighted by molar-refractivity contribution is 0.0520. The molecule has 1 aromatic carbocycles. The van der Waals surface area contributed by atoms with Crippen LogP contribution in [0.1, 0.15) is 28.5 Å². The molecule has 1 N–H and O–H groups in total. The molecule has 0 saturated heterocycles. The van der Waals surface area contributed by atoms with Gasteiger partial charge >= 0.3 is 5.97 Å². The van der Waals surface area contributed by atoms with Crippen molar-refractivity contribution in [1.82, 2.24) is 9.55 Å². The Bertz CT molecular complexity index is 994. The number of fused-ring (bicyclic) bond motifs is 1. The summed E-state index contributed by atoms with van der Waals surface area (Å²) in [5.74, 6) is -1.23. The zero-order chi connectivity index (χ0) is 18.0. The zero-order valence-corrected chi connectivity index (χ0v) is 14.0. The first kappa shape index (κ1) is 16.7. The molecule has 0 saturated carbocycles. The fraction of sp³-hybridized carbons (Fsp3) is 0.211. The highest BCUT2D eigenvalue weighted by molar-refractivity contribution is 5.98. The number of ether oxygens (including phenoxy) is 1. The largest absolute Gasteiger partial charge is 0.506 e. The van der Waals surface area contributed by atoms with E-state index in [1.54, 1.807) is 26.0 Å². The van der Waals surface area contributed by atoms with Gasteiger partial charge in [-0.3, -0.25) is 9.36 Å². The predicted octanol–water partition coefficient (Wildman–Crippen LogP) is 2.64. The highest BCUT2D eigenvalue weighted by Crippen LogP contribution is 2.26. The van der Waals surface area contributed by atoms with Gasteiger partial charge in [0, 0.05) is 5.69 Å². The maximum atomic E-state index is 12.9. The second-order valence-electron chi connectivity index (χ2n) is 5.64. The lowest BCUT2D eigenvalue weighted by Gasteiger charge is -2.14. The molecule has 0 unspecified atom stereocenters. The third kappa shape index (κ3) is 3.10. The van der Waals surface area contributed by atoms with Gasteiger partial charge in [-0.1, -0.05) is 30.3 Å². The Hall–Kier alpha value is -3.15. The first-order chi connectivity index (χ1) is 12.0. The van der Waals surface area contributed by atoms with Crippen LogP contribution in [0.2, 0.25) is 0 Å². The van der Waals surface area contributed by atoms with Crippen LogP contribution in [0.5, 0.6) is 5.75 Å². The number of pyridine rings is 2. The Morgan fingerprint density at radius 3 is 2.60 bits per heavy atom. The maximum Gasteiger partial charge on any atom is 0.347 e. The van der Waals surface area contributed by atoms with Crippen molar-refractivity contribution in [3.8, 4) is 5.75 Å². The molecule has 6 heteroatoms. The van der Waals surface area contributed by atoms with Gasteiger partial charge in [0.2, 0.25) is 0 Å². The van der Waals surface area contributed by atoms with E-state index in [0.29, 0.717) is 16.7 Å². The molecule has 0 spiro atoms. The van der Waals surface area contributed by atoms with Gasteiger partial charge in [-0.05, 0) is 31.5 Å². The Kier molecular flexibility index (Phi) is 4.52. The van der Waals surface area contributed by atoms with Crippen LogP contribution >= 0.6 is 0 Å². The van der Waals surface area contributed by atoms with Crippen molar-refractivity contribution in [3.63, 3.8) is 0 Å². The number of carbonyl (C=O) groups is 1. The zero-order valence-electron chi connectivity index (χ0n) is 14.0. The topological polar surface area (TPSA) is 81.4 Å². The summed E-state index contributed by atoms with van der Waals surface area (Å²) >= 11 is 0. The van der Waals surface area contributed by atoms with Gasteiger partial charge in [0.1, 0.15) is 11.4 Å². The Morgan fingerprint density at radius 2 is 1.92 bits per heavy atom. The molecule has 0 bridgehead atoms. The van der Waals surface area contributed by atoms with Crippen LogP contribution < -0.4 is 5.56 Å². The van der Waals surface area contributed by atoms with E-state index >= 15 is 0 Å². The van der Waals surface area contributed by atoms with Crippen LogP contribution in [0.3, 0.4) is 0 Å². The fourth-order valence-corrected chi connectivity index (χ4v) is 2.70. The summed E-state index contributed by atoms with van der Waals surface area (Å²) in [4.78, 5) is 29.5. The van der Waals surface area contributed by atoms with Gasteiger partial charge in [0.25, 0.3) is 5.56 Å². The lowest BCUT2D eigenvalue weighted by Crippen LogP contribution is -2.29. The van der Waals surface area contributed by atoms with E-state index in [9.17, 15) is 14.7 Å². The molecular formula is C19H18N2O4. The van der Waals surface area contributed by atoms with Crippen molar-refractivity contribution in [1.29, 1.82) is 0 Å². The Morgan fingerprint density at radius 1 is 1.20 bits per heavy atom. The molecule has 2 heterocycles. The minimum atomic E-state index is -0.839. The van der Waals surface area contributed by atoms with E-state index in [1.165, 1.54) is 4.57 Å². The van der Waals surface area contributed by atoms with Gasteiger partial charge in [0.15, 0.2) is 5.56 Å². The van der Waals surface area contributed by atoms with Gasteiger partial charge in [-0.15, -0.1) is 0 Å². The van der Waals surface area contributed by atoms with Crippen molar-refractivity contribution < 1.29 is 14.6 Å². The maximum absolute atomic E-state index is 12.9. The summed E-state index contributed by atoms with van der Waals surface area (Å²) in [6.45, 7) is 3.79. The SMILES string of the molecule is CCOC(=O)c1c(O)c2ccc(C)nc2n(Cc2ccccc2)c1=O. The number of aryl methyl sites for hydroxylation is 1. The van der Waals surface area contributed by atoms with E-state index in [2.05, 4.69) is 4.98 Å². The van der Waals surface area contributed by atoms with Crippen molar-refractivity contribution in [2.45, 2.75) is 20.4 Å². The van der Waals surface area contributed by atoms with E-state index in [-0.39, 0.29) is 18.7 Å². The van der Waals surface area contributed by atoms with E-state index < -0.39 is 17.3 Å². The van der Waals surface area contributed by atoms with Gasteiger partial charge in [-0.25, -0.2) is 9.78 Å². The van der Waals surface area contributed by atoms with Crippen molar-refractivity contribution in [2.75, 3.05) is 6.61 Å². The minimum absolute atomic E-state index is 0.112. The first-order valence-electron chi connectivity index (χ1n) is 7.97. The van der Waals surface area contributed by atoms with E-state index in [0.717, 1.165) is 5.56 Å². The number of benzene rings is 1. The molecule has 3 aromatic rings. The van der Waals surface area contributed by atoms with E-state index in [1.807, 2.05) is 30.3 Å². The van der Waals surface area contributed by atoms with Crippen molar-refractivity contribution >= 4 is 17.0 Å². The summed E-state index contributed by atoms with van der Waals surface area (Å²) in [6, 6.07) is 12.7. The summed E-state index contributed by atoms with van der Waals surface area (Å²) in [7, 11) is 0. The highest BCUT2D eigenvalue weighted by Gasteiger charge is 2.24. The number of hydrogen-bond acceptors (Lipinski definition) is 5. The molecule has 2 aromatic heterocycles. The molecule has 0 aliphatic carbocycles. The molecule has 0 aliphatic rings. The van der Waals surface area contributed by atoms with Crippen LogP contribution in [0.25, 0.3) is 11.0 Å². The molecule has 25 heavy (non-hydrogen) atoms. The second-order valence-corrected chi connectivity index (χ2v) is 5.64. The molecule has 0 amide bonds. The second kappa shape index (κ2) is 6.76. The summed E-state index contributed by atoms with van der Waals surface area (Å²) in [5, 5.41) is 10.8. The van der Waals surface area contributed by atoms with Crippen molar-refractivity contribution in [2.24, 2.45) is 0 Å². The Labute approximate surface area is 144 Å². The van der Waals surface area contributed by atoms with Crippen LogP contribution in [0.15, 0.2) is 47.3 Å². The summed E-state index contributed by atoms with van der Waals surface area (Å²) in [6.07, 6.45) is 0. The summed E-state index contributed by atoms with van der Waals surface area (Å²) < 4.78 is 6.33. The molecule has 6 nitrogen and oxygen atoms in total. The number of aromatic hydroxyl groups is 1. The standard InChI is InChI=1S/C19H18N2O4/c1-3-25-19(24)15-16(22)14-10-9-12(2)20-17(14)21(18(15)23)11-13-7-5-4-6-8-13/h4-10,22H,3,11H2,1-2H3. The average molecular weight is 338 g/mol. The number of aromatic nitrogens is 2. The van der Waals surface area contributed by atoms with Crippen molar-refractivity contribution in [3.05, 3.63) is 69.6 Å². The predicted molar refractivity (Wildman–Crippen MR) is 93.9 cm³/mol. The molecule has 3 rings (SSSR count). The van der Waals surface area contributed by atoms with Gasteiger partial charge in [-0.2, -0.15) is 0 Å².